The van der Waals surface area contributed by atoms with Crippen LogP contribution in [0, 0.1) is 0 Å². The largest absolute Gasteiger partial charge is 0.467 e. The van der Waals surface area contributed by atoms with Crippen molar-refractivity contribution < 1.29 is 9.21 Å². The van der Waals surface area contributed by atoms with E-state index in [1.54, 1.807) is 18.2 Å². The molecule has 94 valence electrons. The lowest BCUT2D eigenvalue weighted by Gasteiger charge is -2.22. The first kappa shape index (κ1) is 11.1. The molecule has 1 aliphatic heterocycles. The smallest absolute Gasteiger partial charge is 0.253 e. The number of nitrogens with zero attached hydrogens (tertiary/aromatic N) is 1. The van der Waals surface area contributed by atoms with Crippen LogP contribution in [0.4, 0.5) is 5.82 Å². The van der Waals surface area contributed by atoms with E-state index in [9.17, 15) is 4.79 Å². The number of H-pyrrole nitrogens is 1. The maximum absolute atomic E-state index is 12.5. The molecule has 2 aromatic heterocycles. The highest BCUT2D eigenvalue weighted by Crippen LogP contribution is 2.27. The first-order valence-corrected chi connectivity index (χ1v) is 5.99. The van der Waals surface area contributed by atoms with Crippen molar-refractivity contribution >= 4 is 11.7 Å². The Morgan fingerprint density at radius 3 is 3.11 bits per heavy atom. The molecule has 0 radical (unpaired) electrons. The Morgan fingerprint density at radius 2 is 2.39 bits per heavy atom. The Bertz CT molecular complexity index is 544. The highest BCUT2D eigenvalue weighted by atomic mass is 16.3. The summed E-state index contributed by atoms with van der Waals surface area (Å²) in [6.07, 6.45) is 4.26. The van der Waals surface area contributed by atoms with E-state index in [1.807, 2.05) is 24.4 Å². The number of hydrogen-bond donors (Lipinski definition) is 2. The van der Waals surface area contributed by atoms with Gasteiger partial charge in [0.15, 0.2) is 0 Å². The third-order valence-electron chi connectivity index (χ3n) is 3.32. The number of aromatic amines is 1. The first-order chi connectivity index (χ1) is 8.81. The number of anilines is 1. The van der Waals surface area contributed by atoms with Crippen molar-refractivity contribution in [1.29, 1.82) is 0 Å². The van der Waals surface area contributed by atoms with Crippen molar-refractivity contribution in [2.24, 2.45) is 0 Å². The lowest BCUT2D eigenvalue weighted by Crippen LogP contribution is -2.39. The molecule has 1 amide bonds. The van der Waals surface area contributed by atoms with Crippen LogP contribution < -0.4 is 10.2 Å². The highest BCUT2D eigenvalue weighted by Gasteiger charge is 2.33. The first-order valence-electron chi connectivity index (χ1n) is 5.99. The molecule has 5 heteroatoms. The van der Waals surface area contributed by atoms with E-state index in [0.29, 0.717) is 6.54 Å². The minimum atomic E-state index is -0.416. The molecule has 1 unspecified atom stereocenters. The van der Waals surface area contributed by atoms with Gasteiger partial charge < -0.3 is 14.7 Å². The van der Waals surface area contributed by atoms with Gasteiger partial charge in [-0.25, -0.2) is 0 Å². The van der Waals surface area contributed by atoms with Crippen molar-refractivity contribution in [2.45, 2.75) is 12.5 Å². The summed E-state index contributed by atoms with van der Waals surface area (Å²) >= 11 is 0. The Kier molecular flexibility index (Phi) is 2.68. The number of carbonyl (C=O) groups excluding carboxylic acids is 1. The standard InChI is InChI=1S/C13H15N3O2/c1-14-11-12-9(5-8-18-12)4-7-16(13(11)17)10-3-2-6-15-10/h2-3,5-6,8,11,14-15H,4,7H2,1H3. The summed E-state index contributed by atoms with van der Waals surface area (Å²) < 4.78 is 5.46. The zero-order valence-corrected chi connectivity index (χ0v) is 10.1. The van der Waals surface area contributed by atoms with Crippen LogP contribution in [0.1, 0.15) is 17.4 Å². The van der Waals surface area contributed by atoms with Crippen LogP contribution in [0.25, 0.3) is 0 Å². The summed E-state index contributed by atoms with van der Waals surface area (Å²) in [6.45, 7) is 0.657. The van der Waals surface area contributed by atoms with Gasteiger partial charge in [0.05, 0.1) is 6.26 Å². The van der Waals surface area contributed by atoms with Gasteiger partial charge in [-0.05, 0) is 37.2 Å². The number of fused-ring (bicyclic) bond motifs is 1. The van der Waals surface area contributed by atoms with Crippen LogP contribution in [-0.2, 0) is 11.2 Å². The van der Waals surface area contributed by atoms with Crippen molar-refractivity contribution in [1.82, 2.24) is 10.3 Å². The molecule has 0 fully saturated rings. The molecule has 0 bridgehead atoms. The minimum absolute atomic E-state index is 0.00801. The van der Waals surface area contributed by atoms with E-state index < -0.39 is 6.04 Å². The quantitative estimate of drug-likeness (QED) is 0.842. The second kappa shape index (κ2) is 4.34. The third kappa shape index (κ3) is 1.64. The SMILES string of the molecule is CNC1C(=O)N(c2ccc[nH]2)CCc2ccoc21. The third-order valence-corrected chi connectivity index (χ3v) is 3.32. The fourth-order valence-electron chi connectivity index (χ4n) is 2.40. The fourth-order valence-corrected chi connectivity index (χ4v) is 2.40. The lowest BCUT2D eigenvalue weighted by atomic mass is 10.1. The predicted octanol–water partition coefficient (Wildman–Crippen LogP) is 1.46. The number of aromatic nitrogens is 1. The number of amides is 1. The van der Waals surface area contributed by atoms with E-state index in [4.69, 9.17) is 4.42 Å². The predicted molar refractivity (Wildman–Crippen MR) is 67.4 cm³/mol. The lowest BCUT2D eigenvalue weighted by molar-refractivity contribution is -0.120. The fraction of sp³-hybridized carbons (Fsp3) is 0.308. The molecule has 0 aliphatic carbocycles. The molecule has 0 aromatic carbocycles. The molecule has 3 heterocycles. The second-order valence-electron chi connectivity index (χ2n) is 4.33. The zero-order valence-electron chi connectivity index (χ0n) is 10.1. The monoisotopic (exact) mass is 245 g/mol. The normalized spacial score (nSPS) is 19.7. The summed E-state index contributed by atoms with van der Waals surface area (Å²) in [5.74, 6) is 1.57. The van der Waals surface area contributed by atoms with Gasteiger partial charge in [-0.3, -0.25) is 9.69 Å². The molecule has 3 rings (SSSR count). The van der Waals surface area contributed by atoms with Crippen LogP contribution >= 0.6 is 0 Å². The molecule has 2 N–H and O–H groups in total. The molecular weight excluding hydrogens is 230 g/mol. The van der Waals surface area contributed by atoms with Gasteiger partial charge in [-0.2, -0.15) is 0 Å². The van der Waals surface area contributed by atoms with Crippen LogP contribution in [0.2, 0.25) is 0 Å². The molecule has 18 heavy (non-hydrogen) atoms. The van der Waals surface area contributed by atoms with Gasteiger partial charge in [0.25, 0.3) is 5.91 Å². The van der Waals surface area contributed by atoms with Gasteiger partial charge in [0.2, 0.25) is 0 Å². The number of hydrogen-bond acceptors (Lipinski definition) is 3. The molecule has 0 spiro atoms. The molecule has 1 atom stereocenters. The van der Waals surface area contributed by atoms with E-state index in [0.717, 1.165) is 23.6 Å². The number of rotatable bonds is 2. The van der Waals surface area contributed by atoms with E-state index in [1.165, 1.54) is 0 Å². The highest BCUT2D eigenvalue weighted by molar-refractivity contribution is 5.97. The molecule has 0 saturated heterocycles. The van der Waals surface area contributed by atoms with Crippen molar-refractivity contribution in [3.8, 4) is 0 Å². The minimum Gasteiger partial charge on any atom is -0.467 e. The molecule has 5 nitrogen and oxygen atoms in total. The molecule has 2 aromatic rings. The van der Waals surface area contributed by atoms with Crippen LogP contribution in [-0.4, -0.2) is 24.5 Å². The topological polar surface area (TPSA) is 61.3 Å². The van der Waals surface area contributed by atoms with Crippen LogP contribution in [0.5, 0.6) is 0 Å². The second-order valence-corrected chi connectivity index (χ2v) is 4.33. The summed E-state index contributed by atoms with van der Waals surface area (Å²) in [5.41, 5.74) is 1.09. The van der Waals surface area contributed by atoms with E-state index in [2.05, 4.69) is 10.3 Å². The van der Waals surface area contributed by atoms with E-state index in [-0.39, 0.29) is 5.91 Å². The number of carbonyl (C=O) groups is 1. The zero-order chi connectivity index (χ0) is 12.5. The molecular formula is C13H15N3O2. The average Bonchev–Trinajstić information content (AvgIpc) is 3.01. The maximum atomic E-state index is 12.5. The van der Waals surface area contributed by atoms with Crippen LogP contribution in [0.15, 0.2) is 35.1 Å². The van der Waals surface area contributed by atoms with Crippen LogP contribution in [0.3, 0.4) is 0 Å². The van der Waals surface area contributed by atoms with Crippen molar-refractivity contribution in [3.63, 3.8) is 0 Å². The van der Waals surface area contributed by atoms with Gasteiger partial charge >= 0.3 is 0 Å². The Labute approximate surface area is 105 Å². The Hall–Kier alpha value is -2.01. The summed E-state index contributed by atoms with van der Waals surface area (Å²) in [7, 11) is 1.77. The molecule has 0 saturated carbocycles. The maximum Gasteiger partial charge on any atom is 0.253 e. The van der Waals surface area contributed by atoms with Crippen molar-refractivity contribution in [3.05, 3.63) is 42.0 Å². The van der Waals surface area contributed by atoms with Crippen molar-refractivity contribution in [2.75, 3.05) is 18.5 Å². The Balaban J connectivity index is 1.99. The summed E-state index contributed by atoms with van der Waals surface area (Å²) in [6, 6.07) is 5.31. The number of likely N-dealkylation sites (N-methyl/N-ethyl adjacent to an activating group) is 1. The number of furan rings is 1. The Morgan fingerprint density at radius 1 is 1.50 bits per heavy atom. The van der Waals surface area contributed by atoms with E-state index >= 15 is 0 Å². The summed E-state index contributed by atoms with van der Waals surface area (Å²) in [4.78, 5) is 17.4. The van der Waals surface area contributed by atoms with Gasteiger partial charge in [-0.15, -0.1) is 0 Å². The van der Waals surface area contributed by atoms with Gasteiger partial charge in [0.1, 0.15) is 17.6 Å². The average molecular weight is 245 g/mol. The van der Waals surface area contributed by atoms with Gasteiger partial charge in [0, 0.05) is 12.7 Å². The van der Waals surface area contributed by atoms with Gasteiger partial charge in [-0.1, -0.05) is 0 Å². The molecule has 1 aliphatic rings. The summed E-state index contributed by atoms with van der Waals surface area (Å²) in [5, 5.41) is 3.03. The number of nitrogens with one attached hydrogen (secondary N) is 2.